The van der Waals surface area contributed by atoms with Crippen LogP contribution in [0.25, 0.3) is 0 Å². The Hall–Kier alpha value is -2.29. The third-order valence-corrected chi connectivity index (χ3v) is 22.6. The van der Waals surface area contributed by atoms with E-state index in [-0.39, 0.29) is 29.1 Å². The maximum Gasteiger partial charge on any atom is 0.397 e. The van der Waals surface area contributed by atoms with Gasteiger partial charge in [0.1, 0.15) is 109 Å². The SMILES string of the molecule is CO[C@@H]1[C@@H](O)[C@H](O[C@@H]2[C@@H](O)[C@H](O[C@H]3[C@H](O)[C@@H](O[C@@H]4OC[C@@H](O)[C@H](O)[C@H]4O)[C@H](O[C@H]4[C@H](OC5CC[C@]6(C)[C@H]7CC[C@]89C(=O)O[C@@](C)(CCCC(C)C)[C@H]8[C@@H](OC(C)=O)C[C@@]9(C)C7=CC[C@H]6C5(C)C)OC[C@@H](OS(=O)(=O)O)[C@@H]4O)O[C@@H]3C)OC[C@H]2O)O[C@H](CO)[C@H]1O. The van der Waals surface area contributed by atoms with E-state index >= 15 is 0 Å². The van der Waals surface area contributed by atoms with Crippen molar-refractivity contribution in [3.8, 4) is 0 Å². The zero-order valence-corrected chi connectivity index (χ0v) is 53.4. The number of esters is 2. The van der Waals surface area contributed by atoms with Crippen LogP contribution in [-0.4, -0.2) is 263 Å². The van der Waals surface area contributed by atoms with E-state index in [0.717, 1.165) is 12.8 Å². The Morgan fingerprint density at radius 2 is 1.32 bits per heavy atom. The van der Waals surface area contributed by atoms with E-state index < -0.39 is 212 Å². The number of carbonyl (C=O) groups excluding carboxylic acids is 2. The first-order chi connectivity index (χ1) is 42.2. The molecule has 11 N–H and O–H groups in total. The van der Waals surface area contributed by atoms with Crippen LogP contribution >= 0.6 is 0 Å². The van der Waals surface area contributed by atoms with Crippen molar-refractivity contribution in [3.63, 3.8) is 0 Å². The topological polar surface area (TPSA) is 420 Å². The Balaban J connectivity index is 0.904. The monoisotopic (exact) mass is 1310 g/mol. The van der Waals surface area contributed by atoms with Crippen LogP contribution in [0.1, 0.15) is 120 Å². The molecule has 10 aliphatic rings. The second-order valence-corrected chi connectivity index (χ2v) is 29.5. The summed E-state index contributed by atoms with van der Waals surface area (Å²) in [6, 6.07) is 0. The molecule has 6 saturated heterocycles. The summed E-state index contributed by atoms with van der Waals surface area (Å²) in [5.74, 6) is -0.620. The molecule has 0 radical (unpaired) electrons. The highest BCUT2D eigenvalue weighted by Crippen LogP contribution is 2.77. The molecule has 10 rings (SSSR count). The number of fused-ring (bicyclic) bond motifs is 4. The lowest BCUT2D eigenvalue weighted by atomic mass is 9.41. The van der Waals surface area contributed by atoms with Gasteiger partial charge in [0.25, 0.3) is 0 Å². The molecule has 0 aromatic rings. The molecule has 0 amide bonds. The van der Waals surface area contributed by atoms with Crippen LogP contribution in [0.4, 0.5) is 0 Å². The first kappa shape index (κ1) is 70.5. The Morgan fingerprint density at radius 1 is 0.700 bits per heavy atom. The largest absolute Gasteiger partial charge is 0.462 e. The smallest absolute Gasteiger partial charge is 0.397 e. The van der Waals surface area contributed by atoms with Gasteiger partial charge in [-0.05, 0) is 93.8 Å². The lowest BCUT2D eigenvalue weighted by Gasteiger charge is -2.64. The molecule has 90 heavy (non-hydrogen) atoms. The van der Waals surface area contributed by atoms with Crippen LogP contribution in [0, 0.1) is 45.3 Å². The second-order valence-electron chi connectivity index (χ2n) is 28.4. The van der Waals surface area contributed by atoms with Crippen molar-refractivity contribution < 1.29 is 139 Å². The summed E-state index contributed by atoms with van der Waals surface area (Å²) in [5.41, 5.74) is -2.36. The third-order valence-electron chi connectivity index (χ3n) is 22.1. The quantitative estimate of drug-likeness (QED) is 0.0427. The van der Waals surface area contributed by atoms with E-state index in [9.17, 15) is 73.6 Å². The molecular weight excluding hydrogens is 1220 g/mol. The van der Waals surface area contributed by atoms with Crippen LogP contribution in [-0.2, 0) is 85.8 Å². The molecule has 0 aromatic carbocycles. The van der Waals surface area contributed by atoms with Gasteiger partial charge in [0.2, 0.25) is 0 Å². The molecule has 0 aromatic heterocycles. The molecule has 6 aliphatic heterocycles. The van der Waals surface area contributed by atoms with Gasteiger partial charge >= 0.3 is 22.3 Å². The summed E-state index contributed by atoms with van der Waals surface area (Å²) in [6.07, 6.45) is -30.9. The molecule has 30 heteroatoms. The summed E-state index contributed by atoms with van der Waals surface area (Å²) >= 11 is 0. The summed E-state index contributed by atoms with van der Waals surface area (Å²) in [7, 11) is -4.06. The second kappa shape index (κ2) is 26.6. The number of hydrogen-bond donors (Lipinski definition) is 11. The van der Waals surface area contributed by atoms with Gasteiger partial charge in [-0.3, -0.25) is 14.1 Å². The first-order valence-electron chi connectivity index (χ1n) is 31.6. The van der Waals surface area contributed by atoms with Crippen LogP contribution in [0.3, 0.4) is 0 Å². The van der Waals surface area contributed by atoms with Crippen molar-refractivity contribution in [3.05, 3.63) is 11.6 Å². The van der Waals surface area contributed by atoms with Crippen molar-refractivity contribution in [1.29, 1.82) is 0 Å². The van der Waals surface area contributed by atoms with Crippen LogP contribution in [0.5, 0.6) is 0 Å². The fourth-order valence-electron chi connectivity index (χ4n) is 17.7. The molecule has 6 heterocycles. The van der Waals surface area contributed by atoms with Crippen molar-refractivity contribution >= 4 is 22.3 Å². The Morgan fingerprint density at radius 3 is 1.98 bits per heavy atom. The molecule has 1 unspecified atom stereocenters. The molecule has 0 bridgehead atoms. The summed E-state index contributed by atoms with van der Waals surface area (Å²) in [6.45, 7) is 15.2. The van der Waals surface area contributed by atoms with E-state index in [1.165, 1.54) is 26.5 Å². The number of aliphatic hydroxyl groups is 10. The molecule has 3 saturated carbocycles. The summed E-state index contributed by atoms with van der Waals surface area (Å²) in [5, 5.41) is 111. The number of cyclic esters (lactones) is 1. The Labute approximate surface area is 523 Å². The number of hydrogen-bond acceptors (Lipinski definition) is 28. The predicted octanol–water partition coefficient (Wildman–Crippen LogP) is -0.837. The highest BCUT2D eigenvalue weighted by molar-refractivity contribution is 7.80. The van der Waals surface area contributed by atoms with E-state index in [1.807, 2.05) is 6.92 Å². The van der Waals surface area contributed by atoms with E-state index in [1.54, 1.807) is 0 Å². The Kier molecular flexibility index (Phi) is 20.8. The van der Waals surface area contributed by atoms with Gasteiger partial charge in [-0.2, -0.15) is 8.42 Å². The van der Waals surface area contributed by atoms with Crippen LogP contribution in [0.2, 0.25) is 0 Å². The van der Waals surface area contributed by atoms with Gasteiger partial charge in [0.05, 0.1) is 50.0 Å². The van der Waals surface area contributed by atoms with Crippen molar-refractivity contribution in [2.75, 3.05) is 33.5 Å². The number of rotatable bonds is 19. The van der Waals surface area contributed by atoms with E-state index in [2.05, 4.69) is 47.6 Å². The van der Waals surface area contributed by atoms with Crippen molar-refractivity contribution in [1.82, 2.24) is 0 Å². The average Bonchev–Trinajstić information content (AvgIpc) is 1.45. The van der Waals surface area contributed by atoms with Gasteiger partial charge < -0.3 is 113 Å². The van der Waals surface area contributed by atoms with Crippen LogP contribution in [0.15, 0.2) is 11.6 Å². The molecular formula is C60H96O29S. The first-order valence-corrected chi connectivity index (χ1v) is 33.0. The van der Waals surface area contributed by atoms with E-state index in [0.29, 0.717) is 50.9 Å². The van der Waals surface area contributed by atoms with Gasteiger partial charge in [-0.1, -0.05) is 59.6 Å². The summed E-state index contributed by atoms with van der Waals surface area (Å²) in [4.78, 5) is 27.6. The number of carbonyl (C=O) groups is 2. The zero-order chi connectivity index (χ0) is 65.7. The third kappa shape index (κ3) is 12.6. The maximum absolute atomic E-state index is 14.8. The highest BCUT2D eigenvalue weighted by atomic mass is 32.3. The lowest BCUT2D eigenvalue weighted by molar-refractivity contribution is -0.399. The Bertz CT molecular complexity index is 2670. The maximum atomic E-state index is 14.8. The predicted molar refractivity (Wildman–Crippen MR) is 302 cm³/mol. The molecule has 516 valence electrons. The molecule has 9 fully saturated rings. The van der Waals surface area contributed by atoms with Crippen molar-refractivity contribution in [2.45, 2.75) is 273 Å². The summed E-state index contributed by atoms with van der Waals surface area (Å²) < 4.78 is 118. The molecule has 1 spiro atoms. The average molecular weight is 1310 g/mol. The zero-order valence-electron chi connectivity index (χ0n) is 52.6. The fourth-order valence-corrected chi connectivity index (χ4v) is 18.2. The van der Waals surface area contributed by atoms with Gasteiger partial charge in [0, 0.05) is 19.4 Å². The van der Waals surface area contributed by atoms with Gasteiger partial charge in [-0.25, -0.2) is 4.18 Å². The minimum Gasteiger partial charge on any atom is -0.462 e. The number of aliphatic hydroxyl groups excluding tert-OH is 10. The molecule has 4 aliphatic carbocycles. The normalized spacial score (nSPS) is 50.3. The minimum atomic E-state index is -5.26. The van der Waals surface area contributed by atoms with Gasteiger partial charge in [-0.15, -0.1) is 0 Å². The number of ether oxygens (including phenoxy) is 13. The lowest BCUT2D eigenvalue weighted by Crippen LogP contribution is -2.67. The van der Waals surface area contributed by atoms with Crippen LogP contribution < -0.4 is 0 Å². The van der Waals surface area contributed by atoms with Gasteiger partial charge in [0.15, 0.2) is 31.5 Å². The number of allylic oxidation sites excluding steroid dienone is 2. The standard InChI is InChI=1S/C60H96O29S/c1-25(2)12-11-17-59(9)49-32(81-27(4)62)20-58(8)29-13-14-35-56(5,6)36(16-18-57(35,7)28(29)15-19-60(49,58)55(72)88-59)83-53-47(39(67)34(24-79-53)89-90(73,74)75)87-54-48(86-50-40(68)37(65)30(63)22-77-50)41(69)44(26(3)80-54)84-51-42(70)45(31(64)23-78-51)85-52-43(71)46(76-10)38(66)33(21-61)82-52/h13,25-26,28,30-54,61,63-71H,11-12,14-24H2,1-10H3,(H,73,74,75)/t26-,28+,30-,31-,32+,33-,34-,35+,36?,37+,38-,39+,40-,41+,42-,43-,44-,45+,46+,47-,48-,49-,50+,51+,52+,53+,54+,57-,58+,59+,60-/m1/s1. The fraction of sp³-hybridized carbons (Fsp3) is 0.933. The van der Waals surface area contributed by atoms with Crippen molar-refractivity contribution in [2.24, 2.45) is 45.3 Å². The minimum absolute atomic E-state index is 0.00396. The number of methoxy groups -OCH3 is 1. The van der Waals surface area contributed by atoms with E-state index in [4.69, 9.17) is 65.8 Å². The molecule has 31 atom stereocenters. The highest BCUT2D eigenvalue weighted by Gasteiger charge is 2.79. The molecule has 29 nitrogen and oxygen atoms in total.